The average molecular weight is 522 g/mol. The Balaban J connectivity index is 1.23. The highest BCUT2D eigenvalue weighted by molar-refractivity contribution is 5.93. The molecule has 38 heavy (non-hydrogen) atoms. The third kappa shape index (κ3) is 6.78. The number of hydrogen-bond acceptors (Lipinski definition) is 5. The number of likely N-dealkylation sites (tertiary alicyclic amines) is 1. The van der Waals surface area contributed by atoms with Crippen LogP contribution in [0, 0.1) is 17.7 Å². The van der Waals surface area contributed by atoms with Crippen LogP contribution in [0.3, 0.4) is 0 Å². The van der Waals surface area contributed by atoms with Gasteiger partial charge in [0.1, 0.15) is 5.82 Å². The zero-order valence-corrected chi connectivity index (χ0v) is 21.6. The SMILES string of the molecule is O=C(NCCCN1CCOCC1)[C@H]1C[C@@H](C(=O)Nc2ccc(F)cc2)CN(Cc2c[nH]c3ccccc23)C1. The third-order valence-corrected chi connectivity index (χ3v) is 7.50. The molecule has 2 aliphatic heterocycles. The van der Waals surface area contributed by atoms with Gasteiger partial charge in [-0.1, -0.05) is 18.2 Å². The molecule has 8 nitrogen and oxygen atoms in total. The fourth-order valence-electron chi connectivity index (χ4n) is 5.46. The van der Waals surface area contributed by atoms with Gasteiger partial charge in [-0.25, -0.2) is 4.39 Å². The van der Waals surface area contributed by atoms with Crippen LogP contribution in [-0.4, -0.2) is 79.1 Å². The van der Waals surface area contributed by atoms with E-state index in [-0.39, 0.29) is 29.5 Å². The summed E-state index contributed by atoms with van der Waals surface area (Å²) in [5.41, 5.74) is 2.76. The van der Waals surface area contributed by atoms with Crippen molar-refractivity contribution in [3.63, 3.8) is 0 Å². The van der Waals surface area contributed by atoms with Crippen molar-refractivity contribution in [1.29, 1.82) is 0 Å². The van der Waals surface area contributed by atoms with E-state index in [0.29, 0.717) is 38.3 Å². The van der Waals surface area contributed by atoms with Gasteiger partial charge >= 0.3 is 0 Å². The van der Waals surface area contributed by atoms with E-state index in [2.05, 4.69) is 31.5 Å². The number of aromatic nitrogens is 1. The third-order valence-electron chi connectivity index (χ3n) is 7.50. The van der Waals surface area contributed by atoms with Crippen molar-refractivity contribution in [2.24, 2.45) is 11.8 Å². The lowest BCUT2D eigenvalue weighted by Crippen LogP contribution is -2.49. The van der Waals surface area contributed by atoms with Crippen LogP contribution < -0.4 is 10.6 Å². The second-order valence-corrected chi connectivity index (χ2v) is 10.3. The molecule has 0 aliphatic carbocycles. The van der Waals surface area contributed by atoms with Gasteiger partial charge in [0.2, 0.25) is 11.8 Å². The van der Waals surface area contributed by atoms with Crippen LogP contribution in [-0.2, 0) is 20.9 Å². The zero-order valence-electron chi connectivity index (χ0n) is 21.6. The van der Waals surface area contributed by atoms with Gasteiger partial charge in [-0.2, -0.15) is 0 Å². The fourth-order valence-corrected chi connectivity index (χ4v) is 5.46. The topological polar surface area (TPSA) is 89.7 Å². The Kier molecular flexibility index (Phi) is 8.68. The molecule has 0 bridgehead atoms. The number of morpholine rings is 1. The predicted molar refractivity (Wildman–Crippen MR) is 145 cm³/mol. The van der Waals surface area contributed by atoms with Crippen molar-refractivity contribution in [2.75, 3.05) is 57.8 Å². The smallest absolute Gasteiger partial charge is 0.228 e. The van der Waals surface area contributed by atoms with E-state index in [9.17, 15) is 14.0 Å². The summed E-state index contributed by atoms with van der Waals surface area (Å²) in [6, 6.07) is 13.9. The maximum Gasteiger partial charge on any atom is 0.228 e. The Labute approximate surface area is 222 Å². The van der Waals surface area contributed by atoms with Crippen LogP contribution in [0.1, 0.15) is 18.4 Å². The number of piperidine rings is 1. The number of hydrogen-bond donors (Lipinski definition) is 3. The average Bonchev–Trinajstić information content (AvgIpc) is 3.35. The normalized spacial score (nSPS) is 20.9. The molecule has 202 valence electrons. The first kappa shape index (κ1) is 26.3. The van der Waals surface area contributed by atoms with E-state index in [1.807, 2.05) is 24.4 Å². The number of aromatic amines is 1. The number of anilines is 1. The number of H-pyrrole nitrogens is 1. The number of para-hydroxylation sites is 1. The number of amides is 2. The molecule has 2 fully saturated rings. The first-order valence-corrected chi connectivity index (χ1v) is 13.5. The van der Waals surface area contributed by atoms with Crippen molar-refractivity contribution in [1.82, 2.24) is 20.1 Å². The maximum atomic E-state index is 13.3. The van der Waals surface area contributed by atoms with Gasteiger partial charge < -0.3 is 20.4 Å². The summed E-state index contributed by atoms with van der Waals surface area (Å²) in [6.45, 7) is 6.73. The summed E-state index contributed by atoms with van der Waals surface area (Å²) in [6.07, 6.45) is 3.37. The number of ether oxygens (including phenoxy) is 1. The molecule has 0 unspecified atom stereocenters. The molecule has 2 aliphatic rings. The zero-order chi connectivity index (χ0) is 26.3. The number of benzene rings is 2. The van der Waals surface area contributed by atoms with Crippen molar-refractivity contribution in [3.8, 4) is 0 Å². The molecule has 9 heteroatoms. The first-order valence-electron chi connectivity index (χ1n) is 13.5. The van der Waals surface area contributed by atoms with Gasteiger partial charge in [0.05, 0.1) is 25.0 Å². The van der Waals surface area contributed by atoms with Crippen LogP contribution in [0.25, 0.3) is 10.9 Å². The highest BCUT2D eigenvalue weighted by Crippen LogP contribution is 2.27. The Bertz CT molecular complexity index is 1220. The fraction of sp³-hybridized carbons (Fsp3) is 0.448. The molecule has 2 saturated heterocycles. The van der Waals surface area contributed by atoms with Gasteiger partial charge in [-0.3, -0.25) is 19.4 Å². The number of rotatable bonds is 9. The summed E-state index contributed by atoms with van der Waals surface area (Å²) >= 11 is 0. The molecule has 2 aromatic carbocycles. The highest BCUT2D eigenvalue weighted by Gasteiger charge is 2.35. The summed E-state index contributed by atoms with van der Waals surface area (Å²) < 4.78 is 18.7. The van der Waals surface area contributed by atoms with Crippen molar-refractivity contribution >= 4 is 28.4 Å². The summed E-state index contributed by atoms with van der Waals surface area (Å²) in [5.74, 6) is -1.15. The van der Waals surface area contributed by atoms with E-state index in [1.165, 1.54) is 12.1 Å². The van der Waals surface area contributed by atoms with Crippen molar-refractivity contribution < 1.29 is 18.7 Å². The summed E-state index contributed by atoms with van der Waals surface area (Å²) in [7, 11) is 0. The molecule has 0 spiro atoms. The molecule has 2 atom stereocenters. The molecular weight excluding hydrogens is 485 g/mol. The number of carbonyl (C=O) groups is 2. The summed E-state index contributed by atoms with van der Waals surface area (Å²) in [5, 5.41) is 7.17. The molecule has 2 amide bonds. The van der Waals surface area contributed by atoms with Crippen LogP contribution >= 0.6 is 0 Å². The molecule has 1 aromatic heterocycles. The second kappa shape index (κ2) is 12.5. The molecule has 5 rings (SSSR count). The Morgan fingerprint density at radius 3 is 2.50 bits per heavy atom. The Hall–Kier alpha value is -3.27. The Morgan fingerprint density at radius 1 is 0.974 bits per heavy atom. The lowest BCUT2D eigenvalue weighted by molar-refractivity contribution is -0.130. The number of nitrogens with one attached hydrogen (secondary N) is 3. The van der Waals surface area contributed by atoms with E-state index < -0.39 is 0 Å². The van der Waals surface area contributed by atoms with E-state index in [1.54, 1.807) is 12.1 Å². The largest absolute Gasteiger partial charge is 0.379 e. The van der Waals surface area contributed by atoms with Gasteiger partial charge in [0, 0.05) is 62.1 Å². The van der Waals surface area contributed by atoms with E-state index >= 15 is 0 Å². The molecule has 0 saturated carbocycles. The van der Waals surface area contributed by atoms with E-state index in [0.717, 1.165) is 55.7 Å². The minimum Gasteiger partial charge on any atom is -0.379 e. The van der Waals surface area contributed by atoms with Gasteiger partial charge in [0.15, 0.2) is 0 Å². The van der Waals surface area contributed by atoms with Gasteiger partial charge in [-0.15, -0.1) is 0 Å². The van der Waals surface area contributed by atoms with Crippen LogP contribution in [0.4, 0.5) is 10.1 Å². The predicted octanol–water partition coefficient (Wildman–Crippen LogP) is 3.22. The highest BCUT2D eigenvalue weighted by atomic mass is 19.1. The minimum atomic E-state index is -0.358. The Morgan fingerprint density at radius 2 is 1.71 bits per heavy atom. The molecule has 3 N–H and O–H groups in total. The lowest BCUT2D eigenvalue weighted by Gasteiger charge is -2.36. The van der Waals surface area contributed by atoms with Crippen LogP contribution in [0.5, 0.6) is 0 Å². The maximum absolute atomic E-state index is 13.3. The minimum absolute atomic E-state index is 0.00446. The van der Waals surface area contributed by atoms with Crippen molar-refractivity contribution in [2.45, 2.75) is 19.4 Å². The molecular formula is C29H36FN5O3. The first-order chi connectivity index (χ1) is 18.5. The number of fused-ring (bicyclic) bond motifs is 1. The quantitative estimate of drug-likeness (QED) is 0.377. The van der Waals surface area contributed by atoms with Crippen LogP contribution in [0.2, 0.25) is 0 Å². The second-order valence-electron chi connectivity index (χ2n) is 10.3. The molecule has 3 aromatic rings. The number of halogens is 1. The van der Waals surface area contributed by atoms with Crippen molar-refractivity contribution in [3.05, 3.63) is 66.1 Å². The van der Waals surface area contributed by atoms with Gasteiger partial charge in [0.25, 0.3) is 0 Å². The molecule has 3 heterocycles. The monoisotopic (exact) mass is 521 g/mol. The van der Waals surface area contributed by atoms with E-state index in [4.69, 9.17) is 4.74 Å². The number of carbonyl (C=O) groups excluding carboxylic acids is 2. The molecule has 0 radical (unpaired) electrons. The standard InChI is InChI=1S/C29H36FN5O3/c30-24-6-8-25(9-7-24)33-29(37)22-16-21(28(36)31-10-3-11-34-12-14-38-15-13-34)18-35(19-22)20-23-17-32-27-5-2-1-4-26(23)27/h1-2,4-9,17,21-22,32H,3,10-16,18-20H2,(H,31,36)(H,33,37)/t21-,22+/m0/s1. The summed E-state index contributed by atoms with van der Waals surface area (Å²) in [4.78, 5) is 34.3. The van der Waals surface area contributed by atoms with Gasteiger partial charge in [-0.05, 0) is 55.3 Å². The van der Waals surface area contributed by atoms with Crippen LogP contribution in [0.15, 0.2) is 54.7 Å². The lowest BCUT2D eigenvalue weighted by atomic mass is 9.87. The number of nitrogens with zero attached hydrogens (tertiary/aromatic N) is 2.